The second-order valence-corrected chi connectivity index (χ2v) is 7.83. The normalized spacial score (nSPS) is 19.2. The smallest absolute Gasteiger partial charge is 0.223 e. The lowest BCUT2D eigenvalue weighted by Gasteiger charge is -2.36. The minimum absolute atomic E-state index is 0.216. The Morgan fingerprint density at radius 2 is 1.79 bits per heavy atom. The fraction of sp³-hybridized carbons (Fsp3) is 0.435. The molecule has 1 heterocycles. The summed E-state index contributed by atoms with van der Waals surface area (Å²) in [7, 11) is 2.13. The molecule has 4 nitrogen and oxygen atoms in total. The van der Waals surface area contributed by atoms with Crippen molar-refractivity contribution in [2.45, 2.75) is 25.3 Å². The first-order valence-electron chi connectivity index (χ1n) is 10.2. The van der Waals surface area contributed by atoms with Gasteiger partial charge in [0.15, 0.2) is 0 Å². The van der Waals surface area contributed by atoms with Gasteiger partial charge in [-0.2, -0.15) is 0 Å². The number of halogens is 1. The number of benzene rings is 2. The number of fused-ring (bicyclic) bond motifs is 1. The van der Waals surface area contributed by atoms with Gasteiger partial charge in [-0.1, -0.05) is 24.3 Å². The highest BCUT2D eigenvalue weighted by molar-refractivity contribution is 5.76. The number of piperazine rings is 1. The van der Waals surface area contributed by atoms with Gasteiger partial charge in [-0.15, -0.1) is 0 Å². The number of carbonyl (C=O) groups is 1. The number of nitrogens with zero attached hydrogens (tertiary/aromatic N) is 3. The fourth-order valence-corrected chi connectivity index (χ4v) is 4.44. The lowest BCUT2D eigenvalue weighted by Crippen LogP contribution is -2.49. The highest BCUT2D eigenvalue weighted by atomic mass is 19.1. The van der Waals surface area contributed by atoms with Gasteiger partial charge in [0.1, 0.15) is 5.82 Å². The zero-order valence-corrected chi connectivity index (χ0v) is 16.5. The van der Waals surface area contributed by atoms with Crippen LogP contribution in [0.25, 0.3) is 0 Å². The Bertz CT molecular complexity index is 815. The van der Waals surface area contributed by atoms with E-state index in [0.29, 0.717) is 12.5 Å². The Balaban J connectivity index is 1.25. The van der Waals surface area contributed by atoms with Gasteiger partial charge in [0.05, 0.1) is 0 Å². The second kappa shape index (κ2) is 8.31. The first kappa shape index (κ1) is 18.9. The van der Waals surface area contributed by atoms with E-state index in [1.54, 1.807) is 12.1 Å². The number of rotatable bonds is 5. The van der Waals surface area contributed by atoms with Crippen LogP contribution >= 0.6 is 0 Å². The quantitative estimate of drug-likeness (QED) is 0.793. The average Bonchev–Trinajstić information content (AvgIpc) is 3.17. The van der Waals surface area contributed by atoms with E-state index in [4.69, 9.17) is 0 Å². The Kier molecular flexibility index (Phi) is 5.62. The monoisotopic (exact) mass is 381 g/mol. The fourth-order valence-electron chi connectivity index (χ4n) is 4.44. The Labute approximate surface area is 166 Å². The molecular weight excluding hydrogens is 353 g/mol. The third kappa shape index (κ3) is 4.04. The van der Waals surface area contributed by atoms with Gasteiger partial charge in [-0.05, 0) is 55.3 Å². The summed E-state index contributed by atoms with van der Waals surface area (Å²) >= 11 is 0. The molecule has 2 aliphatic rings. The van der Waals surface area contributed by atoms with Crippen molar-refractivity contribution in [2.24, 2.45) is 0 Å². The van der Waals surface area contributed by atoms with Gasteiger partial charge < -0.3 is 9.80 Å². The summed E-state index contributed by atoms with van der Waals surface area (Å²) in [5, 5.41) is 0. The maximum Gasteiger partial charge on any atom is 0.223 e. The first-order valence-corrected chi connectivity index (χ1v) is 10.2. The van der Waals surface area contributed by atoms with Gasteiger partial charge in [0.2, 0.25) is 5.91 Å². The molecular formula is C23H28FN3O. The minimum Gasteiger partial charge on any atom is -0.368 e. The maximum atomic E-state index is 13.1. The molecule has 28 heavy (non-hydrogen) atoms. The molecule has 4 rings (SSSR count). The van der Waals surface area contributed by atoms with Crippen molar-refractivity contribution < 1.29 is 9.18 Å². The summed E-state index contributed by atoms with van der Waals surface area (Å²) < 4.78 is 13.1. The zero-order chi connectivity index (χ0) is 19.5. The summed E-state index contributed by atoms with van der Waals surface area (Å²) in [6.45, 7) is 3.83. The van der Waals surface area contributed by atoms with Crippen LogP contribution in [0.1, 0.15) is 30.0 Å². The summed E-state index contributed by atoms with van der Waals surface area (Å²) in [5.41, 5.74) is 3.89. The van der Waals surface area contributed by atoms with Crippen LogP contribution in [0, 0.1) is 5.82 Å². The minimum atomic E-state index is -0.216. The van der Waals surface area contributed by atoms with Crippen LogP contribution < -0.4 is 4.90 Å². The van der Waals surface area contributed by atoms with Gasteiger partial charge in [0, 0.05) is 50.9 Å². The van der Waals surface area contributed by atoms with Crippen LogP contribution in [-0.4, -0.2) is 55.5 Å². The highest BCUT2D eigenvalue weighted by Crippen LogP contribution is 2.34. The molecule has 1 amide bonds. The van der Waals surface area contributed by atoms with E-state index in [9.17, 15) is 9.18 Å². The summed E-state index contributed by atoms with van der Waals surface area (Å²) in [4.78, 5) is 19.2. The van der Waals surface area contributed by atoms with E-state index in [2.05, 4.69) is 41.1 Å². The SMILES string of the molecule is CN(CCC(=O)N1CCN(c2ccc(F)cc2)CC1)[C@H]1CCc2ccccc21. The number of carbonyl (C=O) groups excluding carboxylic acids is 1. The third-order valence-corrected chi connectivity index (χ3v) is 6.14. The average molecular weight is 381 g/mol. The van der Waals surface area contributed by atoms with Crippen LogP contribution in [0.2, 0.25) is 0 Å². The van der Waals surface area contributed by atoms with Crippen molar-refractivity contribution in [3.63, 3.8) is 0 Å². The molecule has 0 aromatic heterocycles. The number of amides is 1. The van der Waals surface area contributed by atoms with Crippen molar-refractivity contribution in [1.29, 1.82) is 0 Å². The summed E-state index contributed by atoms with van der Waals surface area (Å²) in [6, 6.07) is 15.7. The van der Waals surface area contributed by atoms with Crippen molar-refractivity contribution >= 4 is 11.6 Å². The van der Waals surface area contributed by atoms with Gasteiger partial charge in [0.25, 0.3) is 0 Å². The van der Waals surface area contributed by atoms with Gasteiger partial charge >= 0.3 is 0 Å². The molecule has 0 bridgehead atoms. The van der Waals surface area contributed by atoms with Crippen LogP contribution in [0.15, 0.2) is 48.5 Å². The number of aryl methyl sites for hydroxylation is 1. The van der Waals surface area contributed by atoms with E-state index in [0.717, 1.165) is 51.3 Å². The van der Waals surface area contributed by atoms with E-state index >= 15 is 0 Å². The second-order valence-electron chi connectivity index (χ2n) is 7.83. The molecule has 0 N–H and O–H groups in total. The molecule has 0 spiro atoms. The molecule has 1 atom stereocenters. The molecule has 0 unspecified atom stereocenters. The standard InChI is InChI=1S/C23H28FN3O/c1-25(22-11-6-18-4-2-3-5-21(18)22)13-12-23(28)27-16-14-26(15-17-27)20-9-7-19(24)8-10-20/h2-5,7-10,22H,6,11-17H2,1H3/t22-/m0/s1. The van der Waals surface area contributed by atoms with E-state index in [1.165, 1.54) is 23.3 Å². The van der Waals surface area contributed by atoms with Gasteiger partial charge in [-0.3, -0.25) is 9.69 Å². The summed E-state index contributed by atoms with van der Waals surface area (Å²) in [6.07, 6.45) is 2.83. The lowest BCUT2D eigenvalue weighted by molar-refractivity contribution is -0.131. The van der Waals surface area contributed by atoms with E-state index in [1.807, 2.05) is 4.90 Å². The molecule has 1 fully saturated rings. The molecule has 2 aromatic carbocycles. The van der Waals surface area contributed by atoms with Crippen molar-refractivity contribution in [1.82, 2.24) is 9.80 Å². The molecule has 2 aromatic rings. The lowest BCUT2D eigenvalue weighted by atomic mass is 10.1. The van der Waals surface area contributed by atoms with E-state index in [-0.39, 0.29) is 11.7 Å². The summed E-state index contributed by atoms with van der Waals surface area (Å²) in [5.74, 6) is 0.0171. The molecule has 1 aliphatic carbocycles. The Morgan fingerprint density at radius 1 is 1.07 bits per heavy atom. The van der Waals surface area contributed by atoms with Crippen molar-refractivity contribution in [2.75, 3.05) is 44.7 Å². The predicted molar refractivity (Wildman–Crippen MR) is 110 cm³/mol. The molecule has 1 saturated heterocycles. The van der Waals surface area contributed by atoms with Crippen LogP contribution in [0.3, 0.4) is 0 Å². The first-order chi connectivity index (χ1) is 13.6. The molecule has 1 aliphatic heterocycles. The highest BCUT2D eigenvalue weighted by Gasteiger charge is 2.27. The predicted octanol–water partition coefficient (Wildman–Crippen LogP) is 3.48. The Morgan fingerprint density at radius 3 is 2.54 bits per heavy atom. The van der Waals surface area contributed by atoms with Crippen LogP contribution in [0.5, 0.6) is 0 Å². The van der Waals surface area contributed by atoms with Crippen LogP contribution in [-0.2, 0) is 11.2 Å². The topological polar surface area (TPSA) is 26.8 Å². The van der Waals surface area contributed by atoms with E-state index < -0.39 is 0 Å². The third-order valence-electron chi connectivity index (χ3n) is 6.14. The molecule has 148 valence electrons. The largest absolute Gasteiger partial charge is 0.368 e. The van der Waals surface area contributed by atoms with Crippen LogP contribution in [0.4, 0.5) is 10.1 Å². The van der Waals surface area contributed by atoms with Crippen molar-refractivity contribution in [3.8, 4) is 0 Å². The van der Waals surface area contributed by atoms with Gasteiger partial charge in [-0.25, -0.2) is 4.39 Å². The maximum absolute atomic E-state index is 13.1. The number of hydrogen-bond acceptors (Lipinski definition) is 3. The Hall–Kier alpha value is -2.40. The van der Waals surface area contributed by atoms with Crippen molar-refractivity contribution in [3.05, 3.63) is 65.5 Å². The molecule has 0 radical (unpaired) electrons. The number of anilines is 1. The number of hydrogen-bond donors (Lipinski definition) is 0. The molecule has 0 saturated carbocycles. The molecule has 5 heteroatoms. The zero-order valence-electron chi connectivity index (χ0n) is 16.5.